The minimum Gasteiger partial charge on any atom is -0.497 e. The van der Waals surface area contributed by atoms with Gasteiger partial charge in [0.25, 0.3) is 0 Å². The fraction of sp³-hybridized carbons (Fsp3) is 0.538. The van der Waals surface area contributed by atoms with Crippen LogP contribution in [0.5, 0.6) is 5.75 Å². The number of hydrogen-bond donors (Lipinski definition) is 1. The summed E-state index contributed by atoms with van der Waals surface area (Å²) in [5.41, 5.74) is 0.750. The van der Waals surface area contributed by atoms with Crippen molar-refractivity contribution in [2.24, 2.45) is 0 Å². The summed E-state index contributed by atoms with van der Waals surface area (Å²) >= 11 is 0. The first-order valence-corrected chi connectivity index (χ1v) is 6.16. The molecule has 0 amide bonds. The SMILES string of the molecule is COc1cc(F)cc(NCCN2CCOCC2)c1. The molecule has 1 aromatic rings. The Balaban J connectivity index is 1.80. The van der Waals surface area contributed by atoms with Gasteiger partial charge in [0.15, 0.2) is 0 Å². The molecule has 1 aliphatic rings. The van der Waals surface area contributed by atoms with Crippen LogP contribution in [-0.4, -0.2) is 51.4 Å². The molecule has 1 aromatic carbocycles. The molecule has 1 fully saturated rings. The van der Waals surface area contributed by atoms with Gasteiger partial charge in [-0.1, -0.05) is 0 Å². The zero-order valence-electron chi connectivity index (χ0n) is 10.6. The van der Waals surface area contributed by atoms with Crippen molar-refractivity contribution in [3.63, 3.8) is 0 Å². The maximum absolute atomic E-state index is 13.2. The number of ether oxygens (including phenoxy) is 2. The van der Waals surface area contributed by atoms with Crippen LogP contribution in [0.2, 0.25) is 0 Å². The van der Waals surface area contributed by atoms with Gasteiger partial charge in [0.05, 0.1) is 20.3 Å². The molecule has 0 spiro atoms. The summed E-state index contributed by atoms with van der Waals surface area (Å²) in [5.74, 6) is 0.243. The van der Waals surface area contributed by atoms with Crippen molar-refractivity contribution in [1.82, 2.24) is 4.90 Å². The maximum Gasteiger partial charge on any atom is 0.128 e. The number of nitrogens with one attached hydrogen (secondary N) is 1. The number of nitrogens with zero attached hydrogens (tertiary/aromatic N) is 1. The number of anilines is 1. The summed E-state index contributed by atoms with van der Waals surface area (Å²) in [5, 5.41) is 3.21. The number of benzene rings is 1. The number of hydrogen-bond acceptors (Lipinski definition) is 4. The summed E-state index contributed by atoms with van der Waals surface area (Å²) in [4.78, 5) is 2.33. The Hall–Kier alpha value is -1.33. The molecule has 18 heavy (non-hydrogen) atoms. The van der Waals surface area contributed by atoms with Gasteiger partial charge in [-0.05, 0) is 6.07 Å². The highest BCUT2D eigenvalue weighted by molar-refractivity contribution is 5.48. The summed E-state index contributed by atoms with van der Waals surface area (Å²) in [6, 6.07) is 4.64. The lowest BCUT2D eigenvalue weighted by molar-refractivity contribution is 0.0398. The first-order chi connectivity index (χ1) is 8.78. The monoisotopic (exact) mass is 254 g/mol. The molecule has 5 heteroatoms. The van der Waals surface area contributed by atoms with Gasteiger partial charge in [0.1, 0.15) is 11.6 Å². The van der Waals surface area contributed by atoms with Crippen molar-refractivity contribution >= 4 is 5.69 Å². The highest BCUT2D eigenvalue weighted by atomic mass is 19.1. The zero-order valence-corrected chi connectivity index (χ0v) is 10.6. The van der Waals surface area contributed by atoms with Crippen molar-refractivity contribution in [2.45, 2.75) is 0 Å². The van der Waals surface area contributed by atoms with E-state index in [1.54, 1.807) is 6.07 Å². The average Bonchev–Trinajstić information content (AvgIpc) is 2.39. The van der Waals surface area contributed by atoms with Crippen LogP contribution < -0.4 is 10.1 Å². The number of rotatable bonds is 5. The van der Waals surface area contributed by atoms with Gasteiger partial charge in [-0.25, -0.2) is 4.39 Å². The van der Waals surface area contributed by atoms with E-state index in [1.165, 1.54) is 19.2 Å². The third-order valence-electron chi connectivity index (χ3n) is 2.97. The molecule has 100 valence electrons. The Kier molecular flexibility index (Phi) is 4.78. The molecule has 0 radical (unpaired) electrons. The minimum atomic E-state index is -0.289. The molecule has 0 aromatic heterocycles. The second-order valence-electron chi connectivity index (χ2n) is 4.26. The summed E-state index contributed by atoms with van der Waals surface area (Å²) in [7, 11) is 1.53. The van der Waals surface area contributed by atoms with E-state index < -0.39 is 0 Å². The van der Waals surface area contributed by atoms with Crippen molar-refractivity contribution < 1.29 is 13.9 Å². The van der Waals surface area contributed by atoms with E-state index in [9.17, 15) is 4.39 Å². The molecular weight excluding hydrogens is 235 g/mol. The lowest BCUT2D eigenvalue weighted by Crippen LogP contribution is -2.39. The molecule has 4 nitrogen and oxygen atoms in total. The van der Waals surface area contributed by atoms with Gasteiger partial charge in [-0.15, -0.1) is 0 Å². The van der Waals surface area contributed by atoms with E-state index in [-0.39, 0.29) is 5.82 Å². The Bertz CT molecular complexity index is 381. The van der Waals surface area contributed by atoms with Crippen LogP contribution in [0.15, 0.2) is 18.2 Å². The summed E-state index contributed by atoms with van der Waals surface area (Å²) in [6.07, 6.45) is 0. The smallest absolute Gasteiger partial charge is 0.128 e. The van der Waals surface area contributed by atoms with Gasteiger partial charge in [0, 0.05) is 44.0 Å². The van der Waals surface area contributed by atoms with E-state index >= 15 is 0 Å². The van der Waals surface area contributed by atoms with E-state index in [0.717, 1.165) is 45.1 Å². The molecule has 2 rings (SSSR count). The van der Waals surface area contributed by atoms with Crippen LogP contribution in [0, 0.1) is 5.82 Å². The van der Waals surface area contributed by atoms with Crippen molar-refractivity contribution in [3.8, 4) is 5.75 Å². The van der Waals surface area contributed by atoms with E-state index in [1.807, 2.05) is 0 Å². The molecular formula is C13H19FN2O2. The standard InChI is InChI=1S/C13H19FN2O2/c1-17-13-9-11(14)8-12(10-13)15-2-3-16-4-6-18-7-5-16/h8-10,15H,2-7H2,1H3. The molecule has 1 heterocycles. The van der Waals surface area contributed by atoms with Crippen molar-refractivity contribution in [3.05, 3.63) is 24.0 Å². The Morgan fingerprint density at radius 2 is 2.11 bits per heavy atom. The van der Waals surface area contributed by atoms with Crippen molar-refractivity contribution in [2.75, 3.05) is 51.8 Å². The molecule has 1 aliphatic heterocycles. The predicted molar refractivity (Wildman–Crippen MR) is 68.7 cm³/mol. The average molecular weight is 254 g/mol. The van der Waals surface area contributed by atoms with E-state index in [4.69, 9.17) is 9.47 Å². The quantitative estimate of drug-likeness (QED) is 0.865. The van der Waals surface area contributed by atoms with Crippen LogP contribution in [0.4, 0.5) is 10.1 Å². The van der Waals surface area contributed by atoms with Crippen LogP contribution in [0.1, 0.15) is 0 Å². The first-order valence-electron chi connectivity index (χ1n) is 6.16. The first kappa shape index (κ1) is 13.1. The zero-order chi connectivity index (χ0) is 12.8. The van der Waals surface area contributed by atoms with Crippen LogP contribution in [0.3, 0.4) is 0 Å². The number of morpholine rings is 1. The molecule has 1 N–H and O–H groups in total. The van der Waals surface area contributed by atoms with E-state index in [2.05, 4.69) is 10.2 Å². The number of halogens is 1. The summed E-state index contributed by atoms with van der Waals surface area (Å²) < 4.78 is 23.6. The lowest BCUT2D eigenvalue weighted by atomic mass is 10.3. The topological polar surface area (TPSA) is 33.7 Å². The predicted octanol–water partition coefficient (Wildman–Crippen LogP) is 1.58. The van der Waals surface area contributed by atoms with Crippen LogP contribution >= 0.6 is 0 Å². The molecule has 0 atom stereocenters. The van der Waals surface area contributed by atoms with Crippen LogP contribution in [0.25, 0.3) is 0 Å². The maximum atomic E-state index is 13.2. The number of methoxy groups -OCH3 is 1. The van der Waals surface area contributed by atoms with Gasteiger partial charge >= 0.3 is 0 Å². The van der Waals surface area contributed by atoms with Crippen LogP contribution in [-0.2, 0) is 4.74 Å². The van der Waals surface area contributed by atoms with Gasteiger partial charge in [-0.2, -0.15) is 0 Å². The third-order valence-corrected chi connectivity index (χ3v) is 2.97. The molecule has 0 saturated carbocycles. The third kappa shape index (κ3) is 3.85. The molecule has 0 bridgehead atoms. The van der Waals surface area contributed by atoms with Gasteiger partial charge in [0.2, 0.25) is 0 Å². The highest BCUT2D eigenvalue weighted by Gasteiger charge is 2.09. The summed E-state index contributed by atoms with van der Waals surface area (Å²) in [6.45, 7) is 5.25. The Labute approximate surface area is 107 Å². The fourth-order valence-electron chi connectivity index (χ4n) is 1.97. The second-order valence-corrected chi connectivity index (χ2v) is 4.26. The molecule has 0 aliphatic carbocycles. The highest BCUT2D eigenvalue weighted by Crippen LogP contribution is 2.19. The van der Waals surface area contributed by atoms with Gasteiger partial charge in [-0.3, -0.25) is 4.90 Å². The van der Waals surface area contributed by atoms with E-state index in [0.29, 0.717) is 5.75 Å². The second kappa shape index (κ2) is 6.56. The van der Waals surface area contributed by atoms with Gasteiger partial charge < -0.3 is 14.8 Å². The normalized spacial score (nSPS) is 16.6. The minimum absolute atomic E-state index is 0.289. The fourth-order valence-corrected chi connectivity index (χ4v) is 1.97. The van der Waals surface area contributed by atoms with Crippen molar-refractivity contribution in [1.29, 1.82) is 0 Å². The molecule has 0 unspecified atom stereocenters. The Morgan fingerprint density at radius 1 is 1.33 bits per heavy atom. The molecule has 1 saturated heterocycles. The largest absolute Gasteiger partial charge is 0.497 e. The Morgan fingerprint density at radius 3 is 2.83 bits per heavy atom. The lowest BCUT2D eigenvalue weighted by Gasteiger charge is -2.26.